The van der Waals surface area contributed by atoms with Crippen molar-refractivity contribution in [1.82, 2.24) is 5.32 Å². The van der Waals surface area contributed by atoms with Gasteiger partial charge in [-0.1, -0.05) is 50.2 Å². The summed E-state index contributed by atoms with van der Waals surface area (Å²) >= 11 is 0. The average Bonchev–Trinajstić information content (AvgIpc) is 2.88. The van der Waals surface area contributed by atoms with E-state index in [1.807, 2.05) is 88.4 Å². The quantitative estimate of drug-likeness (QED) is 0.356. The van der Waals surface area contributed by atoms with Gasteiger partial charge in [0, 0.05) is 16.9 Å². The molecular weight excluding hydrogens is 468 g/mol. The number of hydrogen-bond acceptors (Lipinski definition) is 5. The first kappa shape index (κ1) is 27.5. The molecule has 7 heteroatoms. The Morgan fingerprint density at radius 1 is 0.838 bits per heavy atom. The zero-order valence-corrected chi connectivity index (χ0v) is 21.9. The third kappa shape index (κ3) is 7.19. The summed E-state index contributed by atoms with van der Waals surface area (Å²) in [7, 11) is 1.29. The van der Waals surface area contributed by atoms with Gasteiger partial charge in [-0.25, -0.2) is 4.79 Å². The van der Waals surface area contributed by atoms with E-state index in [0.717, 1.165) is 0 Å². The second-order valence-corrected chi connectivity index (χ2v) is 9.37. The highest BCUT2D eigenvalue weighted by molar-refractivity contribution is 6.11. The van der Waals surface area contributed by atoms with E-state index in [9.17, 15) is 14.4 Å². The van der Waals surface area contributed by atoms with Crippen molar-refractivity contribution >= 4 is 29.2 Å². The van der Waals surface area contributed by atoms with Gasteiger partial charge in [0.1, 0.15) is 11.8 Å². The van der Waals surface area contributed by atoms with Crippen LogP contribution in [-0.4, -0.2) is 37.0 Å². The van der Waals surface area contributed by atoms with Gasteiger partial charge in [-0.15, -0.1) is 0 Å². The highest BCUT2D eigenvalue weighted by Crippen LogP contribution is 2.30. The van der Waals surface area contributed by atoms with Crippen molar-refractivity contribution in [2.24, 2.45) is 5.92 Å². The zero-order chi connectivity index (χ0) is 26.9. The standard InChI is InChI=1S/C30H34N2O5/c1-20(2)18-26(30(35)36-5)31-28(33)25-17-16-22(19-27(25)37-21(3)4)29(34)32(23-12-8-6-9-13-23)24-14-10-7-11-15-24/h6-17,19-21,26H,18H2,1-5H3,(H,31,33). The van der Waals surface area contributed by atoms with Gasteiger partial charge < -0.3 is 14.8 Å². The van der Waals surface area contributed by atoms with Gasteiger partial charge in [0.25, 0.3) is 11.8 Å². The molecule has 0 spiro atoms. The van der Waals surface area contributed by atoms with Crippen LogP contribution in [0.5, 0.6) is 5.75 Å². The number of hydrogen-bond donors (Lipinski definition) is 1. The van der Waals surface area contributed by atoms with E-state index in [1.54, 1.807) is 23.1 Å². The first-order valence-electron chi connectivity index (χ1n) is 12.3. The summed E-state index contributed by atoms with van der Waals surface area (Å²) in [5.41, 5.74) is 2.00. The van der Waals surface area contributed by atoms with Crippen LogP contribution in [0.4, 0.5) is 11.4 Å². The van der Waals surface area contributed by atoms with Crippen LogP contribution in [0.2, 0.25) is 0 Å². The Balaban J connectivity index is 1.99. The summed E-state index contributed by atoms with van der Waals surface area (Å²) in [6.07, 6.45) is 0.182. The predicted molar refractivity (Wildman–Crippen MR) is 144 cm³/mol. The summed E-state index contributed by atoms with van der Waals surface area (Å²) in [5, 5.41) is 2.76. The van der Waals surface area contributed by atoms with Crippen LogP contribution in [0, 0.1) is 5.92 Å². The third-order valence-corrected chi connectivity index (χ3v) is 5.57. The van der Waals surface area contributed by atoms with Crippen LogP contribution in [0.15, 0.2) is 78.9 Å². The van der Waals surface area contributed by atoms with Crippen LogP contribution in [-0.2, 0) is 9.53 Å². The van der Waals surface area contributed by atoms with Crippen molar-refractivity contribution in [3.63, 3.8) is 0 Å². The number of ether oxygens (including phenoxy) is 2. The number of nitrogens with one attached hydrogen (secondary N) is 1. The molecule has 0 heterocycles. The summed E-state index contributed by atoms with van der Waals surface area (Å²) < 4.78 is 10.8. The number of methoxy groups -OCH3 is 1. The van der Waals surface area contributed by atoms with Gasteiger partial charge in [0.15, 0.2) is 0 Å². The minimum Gasteiger partial charge on any atom is -0.490 e. The van der Waals surface area contributed by atoms with Crippen molar-refractivity contribution in [2.45, 2.75) is 46.3 Å². The number of amides is 2. The Labute approximate surface area is 218 Å². The lowest BCUT2D eigenvalue weighted by Gasteiger charge is -2.24. The second kappa shape index (κ2) is 12.7. The van der Waals surface area contributed by atoms with Gasteiger partial charge in [0.05, 0.1) is 18.8 Å². The maximum Gasteiger partial charge on any atom is 0.328 e. The van der Waals surface area contributed by atoms with Gasteiger partial charge in [0.2, 0.25) is 0 Å². The van der Waals surface area contributed by atoms with Gasteiger partial charge in [-0.2, -0.15) is 0 Å². The monoisotopic (exact) mass is 502 g/mol. The molecule has 0 saturated heterocycles. The van der Waals surface area contributed by atoms with Crippen LogP contribution in [0.1, 0.15) is 54.8 Å². The van der Waals surface area contributed by atoms with Crippen molar-refractivity contribution < 1.29 is 23.9 Å². The maximum atomic E-state index is 13.8. The molecule has 3 aromatic rings. The van der Waals surface area contributed by atoms with E-state index in [4.69, 9.17) is 9.47 Å². The normalized spacial score (nSPS) is 11.6. The lowest BCUT2D eigenvalue weighted by atomic mass is 10.0. The fraction of sp³-hybridized carbons (Fsp3) is 0.300. The summed E-state index contributed by atoms with van der Waals surface area (Å²) in [5.74, 6) is -0.842. The molecule has 0 radical (unpaired) electrons. The fourth-order valence-corrected chi connectivity index (χ4v) is 3.92. The van der Waals surface area contributed by atoms with Crippen molar-refractivity contribution in [3.05, 3.63) is 90.0 Å². The SMILES string of the molecule is COC(=O)C(CC(C)C)NC(=O)c1ccc(C(=O)N(c2ccccc2)c2ccccc2)cc1OC(C)C. The molecule has 7 nitrogen and oxygen atoms in total. The number of nitrogens with zero attached hydrogens (tertiary/aromatic N) is 1. The van der Waals surface area contributed by atoms with E-state index in [0.29, 0.717) is 23.4 Å². The molecular formula is C30H34N2O5. The number of anilines is 2. The molecule has 37 heavy (non-hydrogen) atoms. The topological polar surface area (TPSA) is 84.9 Å². The molecule has 0 aliphatic heterocycles. The molecule has 0 aromatic heterocycles. The highest BCUT2D eigenvalue weighted by atomic mass is 16.5. The molecule has 1 unspecified atom stereocenters. The number of benzene rings is 3. The van der Waals surface area contributed by atoms with E-state index >= 15 is 0 Å². The van der Waals surface area contributed by atoms with Gasteiger partial charge >= 0.3 is 5.97 Å². The summed E-state index contributed by atoms with van der Waals surface area (Å²) in [6, 6.07) is 22.6. The maximum absolute atomic E-state index is 13.8. The second-order valence-electron chi connectivity index (χ2n) is 9.37. The molecule has 1 atom stereocenters. The number of para-hydroxylation sites is 2. The molecule has 2 amide bonds. The lowest BCUT2D eigenvalue weighted by molar-refractivity contribution is -0.143. The Hall–Kier alpha value is -4.13. The highest BCUT2D eigenvalue weighted by Gasteiger charge is 2.26. The Morgan fingerprint density at radius 2 is 1.41 bits per heavy atom. The average molecular weight is 503 g/mol. The minimum atomic E-state index is -0.794. The predicted octanol–water partition coefficient (Wildman–Crippen LogP) is 5.77. The zero-order valence-electron chi connectivity index (χ0n) is 21.9. The Morgan fingerprint density at radius 3 is 1.89 bits per heavy atom. The molecule has 0 fully saturated rings. The van der Waals surface area contributed by atoms with Crippen LogP contribution < -0.4 is 15.0 Å². The van der Waals surface area contributed by atoms with Crippen molar-refractivity contribution in [3.8, 4) is 5.75 Å². The van der Waals surface area contributed by atoms with Gasteiger partial charge in [-0.05, 0) is 68.7 Å². The third-order valence-electron chi connectivity index (χ3n) is 5.57. The minimum absolute atomic E-state index is 0.165. The van der Waals surface area contributed by atoms with E-state index < -0.39 is 17.9 Å². The molecule has 0 aliphatic rings. The molecule has 0 aliphatic carbocycles. The van der Waals surface area contributed by atoms with E-state index in [1.165, 1.54) is 7.11 Å². The number of rotatable bonds is 10. The molecule has 194 valence electrons. The van der Waals surface area contributed by atoms with Crippen LogP contribution in [0.25, 0.3) is 0 Å². The number of carbonyl (C=O) groups excluding carboxylic acids is 3. The van der Waals surface area contributed by atoms with E-state index in [-0.39, 0.29) is 29.2 Å². The van der Waals surface area contributed by atoms with Crippen molar-refractivity contribution in [2.75, 3.05) is 12.0 Å². The molecule has 1 N–H and O–H groups in total. The first-order chi connectivity index (χ1) is 17.7. The van der Waals surface area contributed by atoms with E-state index in [2.05, 4.69) is 5.32 Å². The Kier molecular flexibility index (Phi) is 9.44. The molecule has 3 aromatic carbocycles. The summed E-state index contributed by atoms with van der Waals surface area (Å²) in [6.45, 7) is 7.60. The first-order valence-corrected chi connectivity index (χ1v) is 12.3. The Bertz CT molecular complexity index is 1170. The largest absolute Gasteiger partial charge is 0.490 e. The van der Waals surface area contributed by atoms with Crippen molar-refractivity contribution in [1.29, 1.82) is 0 Å². The summed E-state index contributed by atoms with van der Waals surface area (Å²) in [4.78, 5) is 40.9. The fourth-order valence-electron chi connectivity index (χ4n) is 3.92. The molecule has 0 saturated carbocycles. The lowest BCUT2D eigenvalue weighted by Crippen LogP contribution is -2.42. The smallest absolute Gasteiger partial charge is 0.328 e. The molecule has 3 rings (SSSR count). The number of carbonyl (C=O) groups is 3. The van der Waals surface area contributed by atoms with Crippen LogP contribution >= 0.6 is 0 Å². The number of esters is 1. The van der Waals surface area contributed by atoms with Gasteiger partial charge in [-0.3, -0.25) is 14.5 Å². The van der Waals surface area contributed by atoms with Crippen LogP contribution in [0.3, 0.4) is 0 Å². The molecule has 0 bridgehead atoms.